The molecule has 0 aromatic heterocycles. The van der Waals surface area contributed by atoms with E-state index in [2.05, 4.69) is 19.2 Å². The zero-order valence-corrected chi connectivity index (χ0v) is 46.4. The van der Waals surface area contributed by atoms with Crippen LogP contribution in [-0.2, 0) is 14.3 Å². The van der Waals surface area contributed by atoms with E-state index in [4.69, 9.17) is 4.74 Å². The number of hydrogen-bond donors (Lipinski definition) is 3. The number of rotatable bonds is 59. The van der Waals surface area contributed by atoms with Crippen molar-refractivity contribution in [3.8, 4) is 0 Å². The van der Waals surface area contributed by atoms with Crippen molar-refractivity contribution in [3.63, 3.8) is 0 Å². The molecule has 0 aromatic carbocycles. The first kappa shape index (κ1) is 66.9. The van der Waals surface area contributed by atoms with Crippen LogP contribution in [0.15, 0.2) is 0 Å². The number of aliphatic hydroxyl groups excluding tert-OH is 2. The summed E-state index contributed by atoms with van der Waals surface area (Å²) < 4.78 is 5.50. The Kier molecular flexibility index (Phi) is 57.5. The lowest BCUT2D eigenvalue weighted by atomic mass is 10.0. The van der Waals surface area contributed by atoms with Crippen LogP contribution < -0.4 is 5.32 Å². The fourth-order valence-corrected chi connectivity index (χ4v) is 10.1. The number of carbonyl (C=O) groups is 2. The first-order valence-corrected chi connectivity index (χ1v) is 31.3. The highest BCUT2D eigenvalue weighted by molar-refractivity contribution is 5.76. The van der Waals surface area contributed by atoms with Crippen LogP contribution in [0.1, 0.15) is 361 Å². The van der Waals surface area contributed by atoms with Gasteiger partial charge >= 0.3 is 5.97 Å². The van der Waals surface area contributed by atoms with Crippen molar-refractivity contribution < 1.29 is 24.5 Å². The van der Waals surface area contributed by atoms with Crippen molar-refractivity contribution in [1.82, 2.24) is 5.32 Å². The van der Waals surface area contributed by atoms with Crippen molar-refractivity contribution in [2.24, 2.45) is 0 Å². The van der Waals surface area contributed by atoms with Gasteiger partial charge in [0.1, 0.15) is 0 Å². The lowest BCUT2D eigenvalue weighted by Gasteiger charge is -2.22. The molecule has 406 valence electrons. The molecule has 0 aliphatic rings. The minimum atomic E-state index is -0.665. The van der Waals surface area contributed by atoms with Gasteiger partial charge in [0.25, 0.3) is 0 Å². The summed E-state index contributed by atoms with van der Waals surface area (Å²) in [4.78, 5) is 24.6. The molecular formula is C62H123NO5. The molecule has 0 bridgehead atoms. The lowest BCUT2D eigenvalue weighted by molar-refractivity contribution is -0.143. The van der Waals surface area contributed by atoms with Gasteiger partial charge in [-0.05, 0) is 25.7 Å². The molecule has 6 nitrogen and oxygen atoms in total. The normalized spacial score (nSPS) is 12.5. The third kappa shape index (κ3) is 54.2. The molecular weight excluding hydrogens is 839 g/mol. The van der Waals surface area contributed by atoms with Gasteiger partial charge in [-0.3, -0.25) is 9.59 Å². The number of esters is 1. The Morgan fingerprint density at radius 3 is 0.897 bits per heavy atom. The second-order valence-electron chi connectivity index (χ2n) is 21.8. The second-order valence-corrected chi connectivity index (χ2v) is 21.8. The third-order valence-electron chi connectivity index (χ3n) is 14.9. The summed E-state index contributed by atoms with van der Waals surface area (Å²) in [6.45, 7) is 4.98. The summed E-state index contributed by atoms with van der Waals surface area (Å²) in [5.74, 6) is -0.0204. The van der Waals surface area contributed by atoms with Crippen molar-refractivity contribution in [1.29, 1.82) is 0 Å². The van der Waals surface area contributed by atoms with Crippen LogP contribution in [0.3, 0.4) is 0 Å². The van der Waals surface area contributed by atoms with E-state index in [-0.39, 0.29) is 18.5 Å². The molecule has 6 heteroatoms. The summed E-state index contributed by atoms with van der Waals surface area (Å²) in [5.41, 5.74) is 0. The summed E-state index contributed by atoms with van der Waals surface area (Å²) in [5, 5.41) is 23.3. The predicted molar refractivity (Wildman–Crippen MR) is 297 cm³/mol. The van der Waals surface area contributed by atoms with Gasteiger partial charge in [-0.25, -0.2) is 0 Å². The Morgan fingerprint density at radius 2 is 0.603 bits per heavy atom. The molecule has 0 aromatic rings. The zero-order chi connectivity index (χ0) is 49.3. The van der Waals surface area contributed by atoms with E-state index in [0.29, 0.717) is 25.9 Å². The molecule has 3 N–H and O–H groups in total. The average molecular weight is 963 g/mol. The fourth-order valence-electron chi connectivity index (χ4n) is 10.1. The van der Waals surface area contributed by atoms with Crippen LogP contribution in [0, 0.1) is 0 Å². The highest BCUT2D eigenvalue weighted by Crippen LogP contribution is 2.19. The smallest absolute Gasteiger partial charge is 0.305 e. The standard InChI is InChI=1S/C62H123NO5/c1-3-5-7-9-11-13-15-17-19-23-28-32-36-40-44-48-52-56-62(67)68-57-53-49-45-41-37-33-29-25-22-20-21-24-27-31-35-39-43-47-51-55-61(66)63-59(58-64)60(65)54-50-46-42-38-34-30-26-18-16-14-12-10-8-6-4-2/h59-60,64-65H,3-58H2,1-2H3,(H,63,66). The Balaban J connectivity index is 3.36. The maximum atomic E-state index is 12.5. The number of carbonyl (C=O) groups excluding carboxylic acids is 2. The van der Waals surface area contributed by atoms with Gasteiger partial charge in [0.05, 0.1) is 25.4 Å². The number of hydrogen-bond acceptors (Lipinski definition) is 5. The molecule has 0 aliphatic heterocycles. The van der Waals surface area contributed by atoms with Gasteiger partial charge in [0.15, 0.2) is 0 Å². The summed E-state index contributed by atoms with van der Waals surface area (Å²) in [7, 11) is 0. The largest absolute Gasteiger partial charge is 0.466 e. The maximum absolute atomic E-state index is 12.5. The molecule has 0 rings (SSSR count). The first-order chi connectivity index (χ1) is 33.5. The highest BCUT2D eigenvalue weighted by atomic mass is 16.5. The van der Waals surface area contributed by atoms with Crippen LogP contribution in [0.25, 0.3) is 0 Å². The molecule has 68 heavy (non-hydrogen) atoms. The topological polar surface area (TPSA) is 95.9 Å². The van der Waals surface area contributed by atoms with Crippen molar-refractivity contribution >= 4 is 11.9 Å². The van der Waals surface area contributed by atoms with Gasteiger partial charge in [-0.1, -0.05) is 322 Å². The number of nitrogens with one attached hydrogen (secondary N) is 1. The first-order valence-electron chi connectivity index (χ1n) is 31.3. The van der Waals surface area contributed by atoms with Gasteiger partial charge in [-0.15, -0.1) is 0 Å². The van der Waals surface area contributed by atoms with Crippen molar-refractivity contribution in [2.75, 3.05) is 13.2 Å². The Morgan fingerprint density at radius 1 is 0.353 bits per heavy atom. The molecule has 2 atom stereocenters. The fraction of sp³-hybridized carbons (Fsp3) is 0.968. The van der Waals surface area contributed by atoms with Gasteiger partial charge in [-0.2, -0.15) is 0 Å². The average Bonchev–Trinajstić information content (AvgIpc) is 3.34. The molecule has 0 spiro atoms. The van der Waals surface area contributed by atoms with E-state index in [1.54, 1.807) is 0 Å². The monoisotopic (exact) mass is 962 g/mol. The number of amides is 1. The van der Waals surface area contributed by atoms with Gasteiger partial charge in [0.2, 0.25) is 5.91 Å². The lowest BCUT2D eigenvalue weighted by Crippen LogP contribution is -2.45. The summed E-state index contributed by atoms with van der Waals surface area (Å²) >= 11 is 0. The molecule has 0 saturated carbocycles. The molecule has 0 saturated heterocycles. The minimum Gasteiger partial charge on any atom is -0.466 e. The summed E-state index contributed by atoms with van der Waals surface area (Å²) in [6.07, 6.45) is 68.2. The Hall–Kier alpha value is -1.14. The van der Waals surface area contributed by atoms with Crippen LogP contribution in [0.4, 0.5) is 0 Å². The minimum absolute atomic E-state index is 0.0142. The summed E-state index contributed by atoms with van der Waals surface area (Å²) in [6, 6.07) is -0.542. The van der Waals surface area contributed by atoms with Crippen LogP contribution in [-0.4, -0.2) is 47.4 Å². The maximum Gasteiger partial charge on any atom is 0.305 e. The number of unbranched alkanes of at least 4 members (excludes halogenated alkanes) is 48. The molecule has 2 unspecified atom stereocenters. The van der Waals surface area contributed by atoms with E-state index in [0.717, 1.165) is 38.5 Å². The molecule has 0 aliphatic carbocycles. The molecule has 0 radical (unpaired) electrons. The van der Waals surface area contributed by atoms with Gasteiger partial charge < -0.3 is 20.3 Å². The number of aliphatic hydroxyl groups is 2. The van der Waals surface area contributed by atoms with E-state index in [1.165, 1.54) is 289 Å². The predicted octanol–water partition coefficient (Wildman–Crippen LogP) is 19.5. The van der Waals surface area contributed by atoms with Gasteiger partial charge in [0, 0.05) is 12.8 Å². The van der Waals surface area contributed by atoms with Crippen LogP contribution in [0.2, 0.25) is 0 Å². The van der Waals surface area contributed by atoms with E-state index >= 15 is 0 Å². The molecule has 0 heterocycles. The van der Waals surface area contributed by atoms with Crippen molar-refractivity contribution in [3.05, 3.63) is 0 Å². The molecule has 1 amide bonds. The van der Waals surface area contributed by atoms with Crippen LogP contribution >= 0.6 is 0 Å². The SMILES string of the molecule is CCCCCCCCCCCCCCCCCCCC(=O)OCCCCCCCCCCCCCCCCCCCCCC(=O)NC(CO)C(O)CCCCCCCCCCCCCCCCC. The highest BCUT2D eigenvalue weighted by Gasteiger charge is 2.20. The van der Waals surface area contributed by atoms with Crippen LogP contribution in [0.5, 0.6) is 0 Å². The number of ether oxygens (including phenoxy) is 1. The second kappa shape index (κ2) is 58.4. The quantitative estimate of drug-likeness (QED) is 0.0417. The Bertz CT molecular complexity index is 975. The third-order valence-corrected chi connectivity index (χ3v) is 14.9. The van der Waals surface area contributed by atoms with Crippen molar-refractivity contribution in [2.45, 2.75) is 373 Å². The molecule has 0 fully saturated rings. The van der Waals surface area contributed by atoms with E-state index in [9.17, 15) is 19.8 Å². The van der Waals surface area contributed by atoms with E-state index in [1.807, 2.05) is 0 Å². The van der Waals surface area contributed by atoms with E-state index < -0.39 is 12.1 Å². The Labute approximate surface area is 426 Å². The zero-order valence-electron chi connectivity index (χ0n) is 46.4.